The maximum absolute atomic E-state index is 12.3. The van der Waals surface area contributed by atoms with Crippen molar-refractivity contribution in [3.63, 3.8) is 0 Å². The van der Waals surface area contributed by atoms with Gasteiger partial charge in [0.05, 0.1) is 17.4 Å². The molecule has 1 saturated heterocycles. The molecule has 2 heterocycles. The molecule has 3 aromatic rings. The van der Waals surface area contributed by atoms with Gasteiger partial charge in [-0.1, -0.05) is 36.4 Å². The van der Waals surface area contributed by atoms with Gasteiger partial charge in [0.2, 0.25) is 0 Å². The van der Waals surface area contributed by atoms with Gasteiger partial charge in [-0.2, -0.15) is 11.8 Å². The van der Waals surface area contributed by atoms with Crippen molar-refractivity contribution in [2.45, 2.75) is 19.5 Å². The molecule has 0 aliphatic carbocycles. The summed E-state index contributed by atoms with van der Waals surface area (Å²) in [7, 11) is 0. The molecular weight excluding hydrogens is 356 g/mol. The Morgan fingerprint density at radius 1 is 1.04 bits per heavy atom. The first-order valence-electron chi connectivity index (χ1n) is 9.38. The van der Waals surface area contributed by atoms with Gasteiger partial charge in [-0.15, -0.1) is 0 Å². The summed E-state index contributed by atoms with van der Waals surface area (Å²) in [5, 5.41) is 3.05. The van der Waals surface area contributed by atoms with Gasteiger partial charge in [-0.25, -0.2) is 9.78 Å². The van der Waals surface area contributed by atoms with Crippen LogP contribution < -0.4 is 5.32 Å². The van der Waals surface area contributed by atoms with Crippen LogP contribution in [0.1, 0.15) is 17.5 Å². The van der Waals surface area contributed by atoms with E-state index in [9.17, 15) is 4.79 Å². The number of hydrogen-bond donors (Lipinski definition) is 1. The lowest BCUT2D eigenvalue weighted by atomic mass is 10.1. The molecule has 5 nitrogen and oxygen atoms in total. The Morgan fingerprint density at radius 2 is 1.85 bits per heavy atom. The first-order valence-corrected chi connectivity index (χ1v) is 10.5. The minimum Gasteiger partial charge on any atom is -0.334 e. The second-order valence-electron chi connectivity index (χ2n) is 6.79. The SMILES string of the molecule is O=C(NCc1ccc(Cn2cnc3ccccc32)cc1)N1CCCSCC1. The summed E-state index contributed by atoms with van der Waals surface area (Å²) in [5.41, 5.74) is 4.50. The third-order valence-electron chi connectivity index (χ3n) is 4.86. The highest BCUT2D eigenvalue weighted by atomic mass is 32.2. The molecule has 1 aliphatic rings. The van der Waals surface area contributed by atoms with Gasteiger partial charge >= 0.3 is 6.03 Å². The van der Waals surface area contributed by atoms with Crippen molar-refractivity contribution in [2.24, 2.45) is 0 Å². The van der Waals surface area contributed by atoms with Gasteiger partial charge in [-0.05, 0) is 35.4 Å². The van der Waals surface area contributed by atoms with Crippen molar-refractivity contribution in [3.05, 3.63) is 66.0 Å². The van der Waals surface area contributed by atoms with Crippen molar-refractivity contribution >= 4 is 28.8 Å². The summed E-state index contributed by atoms with van der Waals surface area (Å²) in [6.07, 6.45) is 2.97. The zero-order chi connectivity index (χ0) is 18.5. The van der Waals surface area contributed by atoms with Gasteiger partial charge in [0.15, 0.2) is 0 Å². The summed E-state index contributed by atoms with van der Waals surface area (Å²) in [4.78, 5) is 18.7. The Balaban J connectivity index is 1.34. The second-order valence-corrected chi connectivity index (χ2v) is 8.01. The van der Waals surface area contributed by atoms with Crippen LogP contribution in [0.15, 0.2) is 54.9 Å². The van der Waals surface area contributed by atoms with Gasteiger partial charge < -0.3 is 14.8 Å². The van der Waals surface area contributed by atoms with E-state index in [2.05, 4.69) is 45.2 Å². The van der Waals surface area contributed by atoms with Crippen LogP contribution >= 0.6 is 11.8 Å². The third-order valence-corrected chi connectivity index (χ3v) is 5.91. The molecule has 1 aliphatic heterocycles. The molecule has 1 aromatic heterocycles. The molecule has 1 fully saturated rings. The van der Waals surface area contributed by atoms with Gasteiger partial charge in [0.1, 0.15) is 0 Å². The number of benzene rings is 2. The van der Waals surface area contributed by atoms with Crippen LogP contribution in [0.25, 0.3) is 11.0 Å². The molecule has 6 heteroatoms. The number of thioether (sulfide) groups is 1. The van der Waals surface area contributed by atoms with Crippen molar-refractivity contribution in [2.75, 3.05) is 24.6 Å². The van der Waals surface area contributed by atoms with E-state index in [0.717, 1.165) is 54.2 Å². The highest BCUT2D eigenvalue weighted by molar-refractivity contribution is 7.99. The topological polar surface area (TPSA) is 50.2 Å². The van der Waals surface area contributed by atoms with E-state index in [-0.39, 0.29) is 6.03 Å². The van der Waals surface area contributed by atoms with E-state index >= 15 is 0 Å². The first kappa shape index (κ1) is 17.9. The first-order chi connectivity index (χ1) is 13.3. The molecule has 0 saturated carbocycles. The maximum Gasteiger partial charge on any atom is 0.317 e. The molecule has 0 spiro atoms. The van der Waals surface area contributed by atoms with Gasteiger partial charge in [-0.3, -0.25) is 0 Å². The van der Waals surface area contributed by atoms with E-state index in [0.29, 0.717) is 6.54 Å². The van der Waals surface area contributed by atoms with Gasteiger partial charge in [0.25, 0.3) is 0 Å². The molecule has 0 atom stereocenters. The fourth-order valence-electron chi connectivity index (χ4n) is 3.33. The van der Waals surface area contributed by atoms with E-state index in [4.69, 9.17) is 0 Å². The molecule has 2 aromatic carbocycles. The van der Waals surface area contributed by atoms with Crippen LogP contribution in [-0.4, -0.2) is 45.1 Å². The smallest absolute Gasteiger partial charge is 0.317 e. The van der Waals surface area contributed by atoms with Crippen LogP contribution in [0.3, 0.4) is 0 Å². The number of carbonyl (C=O) groups excluding carboxylic acids is 1. The lowest BCUT2D eigenvalue weighted by molar-refractivity contribution is 0.201. The largest absolute Gasteiger partial charge is 0.334 e. The Kier molecular flexibility index (Phi) is 5.63. The molecule has 0 bridgehead atoms. The van der Waals surface area contributed by atoms with E-state index in [1.165, 1.54) is 5.56 Å². The average molecular weight is 381 g/mol. The monoisotopic (exact) mass is 380 g/mol. The molecule has 0 radical (unpaired) electrons. The molecule has 1 N–H and O–H groups in total. The highest BCUT2D eigenvalue weighted by Gasteiger charge is 2.14. The number of nitrogens with zero attached hydrogens (tertiary/aromatic N) is 3. The van der Waals surface area contributed by atoms with Crippen molar-refractivity contribution in [1.82, 2.24) is 19.8 Å². The summed E-state index contributed by atoms with van der Waals surface area (Å²) < 4.78 is 2.16. The van der Waals surface area contributed by atoms with Crippen LogP contribution in [0.2, 0.25) is 0 Å². The number of fused-ring (bicyclic) bond motifs is 1. The Labute approximate surface area is 163 Å². The number of nitrogens with one attached hydrogen (secondary N) is 1. The maximum atomic E-state index is 12.3. The van der Waals surface area contributed by atoms with Crippen LogP contribution in [0.4, 0.5) is 4.79 Å². The standard InChI is InChI=1S/C21H24N4OS/c26-21(24-10-3-12-27-13-11-24)22-14-17-6-8-18(9-7-17)15-25-16-23-19-4-1-2-5-20(19)25/h1-2,4-9,16H,3,10-15H2,(H,22,26). The van der Waals surface area contributed by atoms with Crippen LogP contribution in [0, 0.1) is 0 Å². The van der Waals surface area contributed by atoms with E-state index in [1.807, 2.05) is 41.2 Å². The predicted molar refractivity (Wildman–Crippen MR) is 111 cm³/mol. The number of amides is 2. The van der Waals surface area contributed by atoms with Crippen molar-refractivity contribution in [1.29, 1.82) is 0 Å². The minimum absolute atomic E-state index is 0.0476. The Bertz CT molecular complexity index is 898. The summed E-state index contributed by atoms with van der Waals surface area (Å²) in [6.45, 7) is 3.06. The second kappa shape index (κ2) is 8.48. The highest BCUT2D eigenvalue weighted by Crippen LogP contribution is 2.15. The molecule has 27 heavy (non-hydrogen) atoms. The van der Waals surface area contributed by atoms with Crippen molar-refractivity contribution < 1.29 is 4.79 Å². The fraction of sp³-hybridized carbons (Fsp3) is 0.333. The average Bonchev–Trinajstić information content (AvgIpc) is 2.92. The number of carbonyl (C=O) groups is 1. The molecular formula is C21H24N4OS. The van der Waals surface area contributed by atoms with Crippen LogP contribution in [0.5, 0.6) is 0 Å². The third kappa shape index (κ3) is 4.45. The molecule has 2 amide bonds. The normalized spacial score (nSPS) is 14.9. The quantitative estimate of drug-likeness (QED) is 0.750. The minimum atomic E-state index is 0.0476. The fourth-order valence-corrected chi connectivity index (χ4v) is 4.22. The number of urea groups is 1. The summed E-state index contributed by atoms with van der Waals surface area (Å²) >= 11 is 1.93. The zero-order valence-corrected chi connectivity index (χ0v) is 16.1. The lowest BCUT2D eigenvalue weighted by Gasteiger charge is -2.20. The number of rotatable bonds is 4. The Hall–Kier alpha value is -2.47. The molecule has 4 rings (SSSR count). The number of imidazole rings is 1. The predicted octanol–water partition coefficient (Wildman–Crippen LogP) is 3.73. The molecule has 0 unspecified atom stereocenters. The van der Waals surface area contributed by atoms with E-state index < -0.39 is 0 Å². The van der Waals surface area contributed by atoms with Gasteiger partial charge in [0, 0.05) is 31.9 Å². The molecule has 140 valence electrons. The summed E-state index contributed by atoms with van der Waals surface area (Å²) in [6, 6.07) is 16.6. The summed E-state index contributed by atoms with van der Waals surface area (Å²) in [5.74, 6) is 2.18. The van der Waals surface area contributed by atoms with Crippen LogP contribution in [-0.2, 0) is 13.1 Å². The lowest BCUT2D eigenvalue weighted by Crippen LogP contribution is -2.40. The number of para-hydroxylation sites is 2. The number of hydrogen-bond acceptors (Lipinski definition) is 3. The van der Waals surface area contributed by atoms with Crippen molar-refractivity contribution in [3.8, 4) is 0 Å². The number of aromatic nitrogens is 2. The zero-order valence-electron chi connectivity index (χ0n) is 15.3. The van der Waals surface area contributed by atoms with E-state index in [1.54, 1.807) is 0 Å². The Morgan fingerprint density at radius 3 is 2.74 bits per heavy atom.